The summed E-state index contributed by atoms with van der Waals surface area (Å²) >= 11 is 0. The Labute approximate surface area is 139 Å². The van der Waals surface area contributed by atoms with Crippen molar-refractivity contribution < 1.29 is 14.3 Å². The highest BCUT2D eigenvalue weighted by molar-refractivity contribution is 5.82. The third-order valence-corrected chi connectivity index (χ3v) is 4.83. The molecule has 23 heavy (non-hydrogen) atoms. The van der Waals surface area contributed by atoms with E-state index in [0.29, 0.717) is 5.92 Å². The second-order valence-corrected chi connectivity index (χ2v) is 7.04. The number of hydrogen-bond acceptors (Lipinski definition) is 4. The third-order valence-electron chi connectivity index (χ3n) is 4.83. The monoisotopic (exact) mass is 319 g/mol. The lowest BCUT2D eigenvalue weighted by Gasteiger charge is -2.50. The van der Waals surface area contributed by atoms with E-state index in [1.165, 1.54) is 12.7 Å². The number of fused-ring (bicyclic) bond motifs is 1. The van der Waals surface area contributed by atoms with Crippen LogP contribution >= 0.6 is 0 Å². The first-order chi connectivity index (χ1) is 10.9. The summed E-state index contributed by atoms with van der Waals surface area (Å²) in [5, 5.41) is 0. The van der Waals surface area contributed by atoms with Crippen molar-refractivity contribution >= 4 is 11.7 Å². The number of ether oxygens (including phenoxy) is 2. The molecule has 1 aromatic carbocycles. The van der Waals surface area contributed by atoms with E-state index >= 15 is 0 Å². The third kappa shape index (κ3) is 3.31. The smallest absolute Gasteiger partial charge is 0.328 e. The van der Waals surface area contributed by atoms with Gasteiger partial charge < -0.3 is 14.4 Å². The molecule has 0 N–H and O–H groups in total. The Morgan fingerprint density at radius 1 is 1.39 bits per heavy atom. The maximum atomic E-state index is 12.4. The fraction of sp³-hybridized carbons (Fsp3) is 0.632. The number of anilines is 1. The van der Waals surface area contributed by atoms with Crippen molar-refractivity contribution in [2.24, 2.45) is 0 Å². The second kappa shape index (κ2) is 6.81. The van der Waals surface area contributed by atoms with Crippen LogP contribution in [-0.4, -0.2) is 31.8 Å². The molecule has 2 rings (SSSR count). The van der Waals surface area contributed by atoms with Crippen LogP contribution in [0.25, 0.3) is 0 Å². The van der Waals surface area contributed by atoms with E-state index in [0.717, 1.165) is 30.7 Å². The van der Waals surface area contributed by atoms with Gasteiger partial charge in [-0.3, -0.25) is 0 Å². The summed E-state index contributed by atoms with van der Waals surface area (Å²) in [7, 11) is 3.14. The second-order valence-electron chi connectivity index (χ2n) is 7.04. The van der Waals surface area contributed by atoms with Gasteiger partial charge in [0.15, 0.2) is 0 Å². The zero-order valence-electron chi connectivity index (χ0n) is 15.2. The summed E-state index contributed by atoms with van der Waals surface area (Å²) in [6.45, 7) is 8.76. The molecule has 0 aliphatic carbocycles. The molecule has 4 nitrogen and oxygen atoms in total. The molecule has 1 aliphatic heterocycles. The van der Waals surface area contributed by atoms with Crippen LogP contribution < -0.4 is 9.64 Å². The average Bonchev–Trinajstić information content (AvgIpc) is 2.51. The Hall–Kier alpha value is -1.71. The molecule has 0 aromatic heterocycles. The first kappa shape index (κ1) is 17.6. The van der Waals surface area contributed by atoms with Crippen molar-refractivity contribution in [2.75, 3.05) is 19.1 Å². The lowest BCUT2D eigenvalue weighted by Crippen LogP contribution is -2.56. The maximum Gasteiger partial charge on any atom is 0.328 e. The van der Waals surface area contributed by atoms with Gasteiger partial charge in [-0.1, -0.05) is 26.3 Å². The van der Waals surface area contributed by atoms with E-state index in [1.54, 1.807) is 7.11 Å². The highest BCUT2D eigenvalue weighted by atomic mass is 16.5. The molecule has 0 fully saturated rings. The van der Waals surface area contributed by atoms with E-state index in [9.17, 15) is 4.79 Å². The van der Waals surface area contributed by atoms with Gasteiger partial charge in [0, 0.05) is 17.3 Å². The van der Waals surface area contributed by atoms with Crippen molar-refractivity contribution in [3.05, 3.63) is 23.8 Å². The average molecular weight is 319 g/mol. The van der Waals surface area contributed by atoms with Gasteiger partial charge in [-0.15, -0.1) is 0 Å². The van der Waals surface area contributed by atoms with E-state index in [1.807, 2.05) is 6.07 Å². The molecule has 1 aromatic rings. The molecule has 0 bridgehead atoms. The lowest BCUT2D eigenvalue weighted by atomic mass is 9.78. The van der Waals surface area contributed by atoms with Crippen molar-refractivity contribution in [1.82, 2.24) is 0 Å². The van der Waals surface area contributed by atoms with E-state index in [2.05, 4.69) is 44.7 Å². The number of methoxy groups -OCH3 is 2. The van der Waals surface area contributed by atoms with Crippen LogP contribution in [0.3, 0.4) is 0 Å². The van der Waals surface area contributed by atoms with E-state index in [-0.39, 0.29) is 17.6 Å². The molecule has 0 spiro atoms. The molecule has 128 valence electrons. The summed E-state index contributed by atoms with van der Waals surface area (Å²) in [5.41, 5.74) is 2.25. The van der Waals surface area contributed by atoms with Crippen LogP contribution in [0.5, 0.6) is 5.75 Å². The molecular weight excluding hydrogens is 290 g/mol. The number of esters is 1. The summed E-state index contributed by atoms with van der Waals surface area (Å²) < 4.78 is 10.5. The Morgan fingerprint density at radius 3 is 2.65 bits per heavy atom. The van der Waals surface area contributed by atoms with Crippen molar-refractivity contribution in [3.63, 3.8) is 0 Å². The minimum atomic E-state index is -0.265. The van der Waals surface area contributed by atoms with Gasteiger partial charge in [-0.25, -0.2) is 4.79 Å². The molecule has 4 heteroatoms. The zero-order chi connectivity index (χ0) is 17.2. The normalized spacial score (nSPS) is 20.6. The first-order valence-corrected chi connectivity index (χ1v) is 8.40. The predicted molar refractivity (Wildman–Crippen MR) is 93.3 cm³/mol. The minimum Gasteiger partial charge on any atom is -0.497 e. The lowest BCUT2D eigenvalue weighted by molar-refractivity contribution is -0.142. The van der Waals surface area contributed by atoms with Crippen molar-refractivity contribution in [2.45, 2.75) is 64.5 Å². The topological polar surface area (TPSA) is 38.8 Å². The van der Waals surface area contributed by atoms with Crippen molar-refractivity contribution in [1.29, 1.82) is 0 Å². The molecule has 0 saturated carbocycles. The van der Waals surface area contributed by atoms with E-state index < -0.39 is 0 Å². The van der Waals surface area contributed by atoms with Crippen LogP contribution in [0.2, 0.25) is 0 Å². The number of carbonyl (C=O) groups excluding carboxylic acids is 1. The van der Waals surface area contributed by atoms with Gasteiger partial charge in [-0.05, 0) is 44.2 Å². The van der Waals surface area contributed by atoms with Crippen LogP contribution in [0.4, 0.5) is 5.69 Å². The summed E-state index contributed by atoms with van der Waals surface area (Å²) in [4.78, 5) is 14.7. The highest BCUT2D eigenvalue weighted by Gasteiger charge is 2.42. The molecule has 2 atom stereocenters. The van der Waals surface area contributed by atoms with E-state index in [4.69, 9.17) is 9.47 Å². The summed E-state index contributed by atoms with van der Waals surface area (Å²) in [6, 6.07) is 5.91. The fourth-order valence-electron chi connectivity index (χ4n) is 3.91. The largest absolute Gasteiger partial charge is 0.497 e. The SMILES string of the molecule is CCCC(C(=O)OC)N1c2cc(OC)ccc2C(C)CC1(C)C. The quantitative estimate of drug-likeness (QED) is 0.765. The first-order valence-electron chi connectivity index (χ1n) is 8.40. The maximum absolute atomic E-state index is 12.4. The standard InChI is InChI=1S/C19H29NO3/c1-7-8-16(18(21)23-6)20-17-11-14(22-5)9-10-15(17)13(2)12-19(20,3)4/h9-11,13,16H,7-8,12H2,1-6H3. The summed E-state index contributed by atoms with van der Waals surface area (Å²) in [5.74, 6) is 1.10. The van der Waals surface area contributed by atoms with Gasteiger partial charge in [0.05, 0.1) is 14.2 Å². The summed E-state index contributed by atoms with van der Waals surface area (Å²) in [6.07, 6.45) is 2.71. The Kier molecular flexibility index (Phi) is 5.23. The van der Waals surface area contributed by atoms with Crippen LogP contribution in [0.1, 0.15) is 58.4 Å². The van der Waals surface area contributed by atoms with Crippen LogP contribution in [0.15, 0.2) is 18.2 Å². The molecular formula is C19H29NO3. The van der Waals surface area contributed by atoms with Gasteiger partial charge in [0.2, 0.25) is 0 Å². The number of benzene rings is 1. The van der Waals surface area contributed by atoms with Crippen molar-refractivity contribution in [3.8, 4) is 5.75 Å². The molecule has 2 unspecified atom stereocenters. The Balaban J connectivity index is 2.59. The number of carbonyl (C=O) groups is 1. The molecule has 0 saturated heterocycles. The molecule has 0 radical (unpaired) electrons. The van der Waals surface area contributed by atoms with Crippen LogP contribution in [0, 0.1) is 0 Å². The molecule has 1 heterocycles. The van der Waals surface area contributed by atoms with Gasteiger partial charge in [0.25, 0.3) is 0 Å². The highest BCUT2D eigenvalue weighted by Crippen LogP contribution is 2.46. The van der Waals surface area contributed by atoms with Gasteiger partial charge in [-0.2, -0.15) is 0 Å². The molecule has 1 aliphatic rings. The predicted octanol–water partition coefficient (Wildman–Crippen LogP) is 4.13. The fourth-order valence-corrected chi connectivity index (χ4v) is 3.91. The van der Waals surface area contributed by atoms with Gasteiger partial charge >= 0.3 is 5.97 Å². The number of rotatable bonds is 5. The number of nitrogens with zero attached hydrogens (tertiary/aromatic N) is 1. The zero-order valence-corrected chi connectivity index (χ0v) is 15.2. The minimum absolute atomic E-state index is 0.118. The number of hydrogen-bond donors (Lipinski definition) is 0. The molecule has 0 amide bonds. The Bertz CT molecular complexity index is 568. The van der Waals surface area contributed by atoms with Gasteiger partial charge in [0.1, 0.15) is 11.8 Å². The Morgan fingerprint density at radius 2 is 2.09 bits per heavy atom. The van der Waals surface area contributed by atoms with Crippen LogP contribution in [-0.2, 0) is 9.53 Å².